The summed E-state index contributed by atoms with van der Waals surface area (Å²) < 4.78 is 11.7. The van der Waals surface area contributed by atoms with E-state index in [1.165, 1.54) is 0 Å². The van der Waals surface area contributed by atoms with Crippen LogP contribution >= 0.6 is 0 Å². The van der Waals surface area contributed by atoms with Crippen LogP contribution in [0.1, 0.15) is 17.5 Å². The third-order valence-corrected chi connectivity index (χ3v) is 6.46. The number of nitrogens with zero attached hydrogens (tertiary/aromatic N) is 1. The molecule has 5 rings (SSSR count). The second-order valence-electron chi connectivity index (χ2n) is 7.26. The number of benzene rings is 1. The molecule has 1 saturated heterocycles. The summed E-state index contributed by atoms with van der Waals surface area (Å²) in [7, 11) is 3.74. The normalized spacial score (nSPS) is 39.8. The maximum Gasteiger partial charge on any atom is 0.166 e. The van der Waals surface area contributed by atoms with Gasteiger partial charge < -0.3 is 24.6 Å². The first kappa shape index (κ1) is 13.7. The standard InChI is InChI=1S/C18H21NO4/c1-19-6-5-18-10-3-4-12(20)17(18)23-16-14(22-2)8-13(21)9(15(16)18)7-11(10)19/h3-4,8,10-12,17,20-21H,5-7H2,1-2H3/t10-,11+,12-,17-,18-/m0/s1. The number of aliphatic hydroxyl groups excluding tert-OH is 1. The number of hydrogen-bond donors (Lipinski definition) is 2. The number of aliphatic hydroxyl groups is 1. The largest absolute Gasteiger partial charge is 0.508 e. The molecule has 5 nitrogen and oxygen atoms in total. The Hall–Kier alpha value is -1.72. The Labute approximate surface area is 135 Å². The van der Waals surface area contributed by atoms with Crippen LogP contribution in [0.15, 0.2) is 18.2 Å². The average molecular weight is 315 g/mol. The van der Waals surface area contributed by atoms with Gasteiger partial charge in [0.15, 0.2) is 11.5 Å². The zero-order chi connectivity index (χ0) is 15.9. The van der Waals surface area contributed by atoms with Gasteiger partial charge in [0.1, 0.15) is 18.0 Å². The first-order valence-corrected chi connectivity index (χ1v) is 8.24. The Balaban J connectivity index is 1.85. The molecule has 1 aromatic carbocycles. The fourth-order valence-corrected chi connectivity index (χ4v) is 5.44. The molecule has 0 unspecified atom stereocenters. The van der Waals surface area contributed by atoms with Crippen LogP contribution in [-0.2, 0) is 11.8 Å². The number of phenols is 1. The van der Waals surface area contributed by atoms with Gasteiger partial charge in [0.2, 0.25) is 0 Å². The van der Waals surface area contributed by atoms with Gasteiger partial charge >= 0.3 is 0 Å². The van der Waals surface area contributed by atoms with E-state index in [1.807, 2.05) is 6.08 Å². The maximum absolute atomic E-state index is 10.6. The zero-order valence-corrected chi connectivity index (χ0v) is 13.3. The smallest absolute Gasteiger partial charge is 0.166 e. The molecule has 2 N–H and O–H groups in total. The summed E-state index contributed by atoms with van der Waals surface area (Å²) in [6, 6.07) is 1.98. The molecular weight excluding hydrogens is 294 g/mol. The van der Waals surface area contributed by atoms with E-state index >= 15 is 0 Å². The highest BCUT2D eigenvalue weighted by Gasteiger charge is 2.64. The van der Waals surface area contributed by atoms with E-state index in [0.29, 0.717) is 17.7 Å². The van der Waals surface area contributed by atoms with Gasteiger partial charge in [-0.05, 0) is 26.4 Å². The highest BCUT2D eigenvalue weighted by molar-refractivity contribution is 5.66. The minimum Gasteiger partial charge on any atom is -0.508 e. The van der Waals surface area contributed by atoms with Crippen LogP contribution in [-0.4, -0.2) is 54.1 Å². The van der Waals surface area contributed by atoms with Crippen LogP contribution in [0, 0.1) is 5.92 Å². The lowest BCUT2D eigenvalue weighted by atomic mass is 9.53. The highest BCUT2D eigenvalue weighted by atomic mass is 16.5. The molecule has 2 aliphatic heterocycles. The summed E-state index contributed by atoms with van der Waals surface area (Å²) in [5.41, 5.74) is 1.80. The summed E-state index contributed by atoms with van der Waals surface area (Å²) in [6.07, 6.45) is 4.85. The van der Waals surface area contributed by atoms with Crippen molar-refractivity contribution in [3.05, 3.63) is 29.3 Å². The van der Waals surface area contributed by atoms with Crippen LogP contribution in [0.5, 0.6) is 17.2 Å². The Morgan fingerprint density at radius 3 is 3.00 bits per heavy atom. The second kappa shape index (κ2) is 4.22. The van der Waals surface area contributed by atoms with Gasteiger partial charge in [-0.2, -0.15) is 0 Å². The van der Waals surface area contributed by atoms with Crippen molar-refractivity contribution in [2.45, 2.75) is 36.5 Å². The predicted octanol–water partition coefficient (Wildman–Crippen LogP) is 1.21. The van der Waals surface area contributed by atoms with Gasteiger partial charge in [-0.3, -0.25) is 0 Å². The van der Waals surface area contributed by atoms with E-state index in [-0.39, 0.29) is 17.3 Å². The molecule has 0 saturated carbocycles. The van der Waals surface area contributed by atoms with Crippen molar-refractivity contribution < 1.29 is 19.7 Å². The fourth-order valence-electron chi connectivity index (χ4n) is 5.44. The second-order valence-corrected chi connectivity index (χ2v) is 7.26. The molecule has 0 radical (unpaired) electrons. The Morgan fingerprint density at radius 2 is 2.22 bits per heavy atom. The molecule has 4 aliphatic rings. The SMILES string of the molecule is COc1cc(O)c2c3c1O[C@H]1[C@@H](O)C=C[C@H]4[C@@H](C2)N(C)CC[C@@]341. The molecule has 0 amide bonds. The molecule has 1 fully saturated rings. The van der Waals surface area contributed by atoms with Crippen LogP contribution in [0.25, 0.3) is 0 Å². The van der Waals surface area contributed by atoms with Crippen molar-refractivity contribution in [3.63, 3.8) is 0 Å². The van der Waals surface area contributed by atoms with Crippen molar-refractivity contribution in [1.29, 1.82) is 0 Å². The maximum atomic E-state index is 10.6. The molecular formula is C18H21NO4. The molecule has 0 aromatic heterocycles. The quantitative estimate of drug-likeness (QED) is 0.763. The van der Waals surface area contributed by atoms with E-state index in [4.69, 9.17) is 9.47 Å². The van der Waals surface area contributed by atoms with Crippen molar-refractivity contribution in [2.75, 3.05) is 20.7 Å². The third-order valence-electron chi connectivity index (χ3n) is 6.46. The van der Waals surface area contributed by atoms with Crippen molar-refractivity contribution in [1.82, 2.24) is 4.90 Å². The minimum atomic E-state index is -0.625. The molecule has 2 heterocycles. The number of ether oxygens (including phenoxy) is 2. The fraction of sp³-hybridized carbons (Fsp3) is 0.556. The predicted molar refractivity (Wildman–Crippen MR) is 84.1 cm³/mol. The van der Waals surface area contributed by atoms with Gasteiger partial charge in [-0.1, -0.05) is 12.2 Å². The van der Waals surface area contributed by atoms with Crippen LogP contribution in [0.2, 0.25) is 0 Å². The molecule has 5 atom stereocenters. The Bertz CT molecular complexity index is 730. The van der Waals surface area contributed by atoms with Crippen molar-refractivity contribution >= 4 is 0 Å². The lowest BCUT2D eigenvalue weighted by Gasteiger charge is -2.56. The number of methoxy groups -OCH3 is 1. The average Bonchev–Trinajstić information content (AvgIpc) is 2.89. The van der Waals surface area contributed by atoms with Gasteiger partial charge in [-0.25, -0.2) is 0 Å². The van der Waals surface area contributed by atoms with Crippen LogP contribution < -0.4 is 9.47 Å². The summed E-state index contributed by atoms with van der Waals surface area (Å²) in [5.74, 6) is 1.87. The monoisotopic (exact) mass is 315 g/mol. The number of likely N-dealkylation sites (N-methyl/N-ethyl adjacent to an activating group) is 1. The number of likely N-dealkylation sites (tertiary alicyclic amines) is 1. The van der Waals surface area contributed by atoms with Crippen molar-refractivity contribution in [2.24, 2.45) is 5.92 Å². The van der Waals surface area contributed by atoms with Crippen LogP contribution in [0.4, 0.5) is 0 Å². The van der Waals surface area contributed by atoms with E-state index in [1.54, 1.807) is 13.2 Å². The molecule has 23 heavy (non-hydrogen) atoms. The molecule has 2 bridgehead atoms. The van der Waals surface area contributed by atoms with E-state index in [0.717, 1.165) is 36.3 Å². The molecule has 5 heteroatoms. The number of aromatic hydroxyl groups is 1. The lowest BCUT2D eigenvalue weighted by molar-refractivity contribution is -0.0455. The number of hydrogen-bond acceptors (Lipinski definition) is 5. The number of phenolic OH excluding ortho intramolecular Hbond substituents is 1. The highest BCUT2D eigenvalue weighted by Crippen LogP contribution is 2.63. The molecule has 2 aliphatic carbocycles. The minimum absolute atomic E-state index is 0.250. The zero-order valence-electron chi connectivity index (χ0n) is 13.3. The van der Waals surface area contributed by atoms with Gasteiger partial charge in [0, 0.05) is 34.6 Å². The van der Waals surface area contributed by atoms with Gasteiger partial charge in [-0.15, -0.1) is 0 Å². The third kappa shape index (κ3) is 1.41. The number of piperidine rings is 1. The molecule has 1 aromatic rings. The summed E-state index contributed by atoms with van der Waals surface area (Å²) >= 11 is 0. The first-order valence-electron chi connectivity index (χ1n) is 8.24. The van der Waals surface area contributed by atoms with Crippen molar-refractivity contribution in [3.8, 4) is 17.2 Å². The Morgan fingerprint density at radius 1 is 1.39 bits per heavy atom. The van der Waals surface area contributed by atoms with Gasteiger partial charge in [0.25, 0.3) is 0 Å². The molecule has 122 valence electrons. The van der Waals surface area contributed by atoms with E-state index < -0.39 is 6.10 Å². The topological polar surface area (TPSA) is 62.2 Å². The molecule has 1 spiro atoms. The number of rotatable bonds is 1. The summed E-state index contributed by atoms with van der Waals surface area (Å²) in [5, 5.41) is 21.1. The lowest BCUT2D eigenvalue weighted by Crippen LogP contribution is -2.64. The Kier molecular flexibility index (Phi) is 2.51. The summed E-state index contributed by atoms with van der Waals surface area (Å²) in [6.45, 7) is 0.971. The first-order chi connectivity index (χ1) is 11.1. The van der Waals surface area contributed by atoms with E-state index in [9.17, 15) is 10.2 Å². The van der Waals surface area contributed by atoms with Gasteiger partial charge in [0.05, 0.1) is 7.11 Å². The summed E-state index contributed by atoms with van der Waals surface area (Å²) in [4.78, 5) is 2.37. The van der Waals surface area contributed by atoms with Crippen LogP contribution in [0.3, 0.4) is 0 Å². The van der Waals surface area contributed by atoms with E-state index in [2.05, 4.69) is 18.0 Å².